The van der Waals surface area contributed by atoms with E-state index in [-0.39, 0.29) is 0 Å². The van der Waals surface area contributed by atoms with Crippen molar-refractivity contribution in [3.05, 3.63) is 170 Å². The Morgan fingerprint density at radius 1 is 0.380 bits per heavy atom. The summed E-state index contributed by atoms with van der Waals surface area (Å²) < 4.78 is 4.66. The lowest BCUT2D eigenvalue weighted by Gasteiger charge is -2.16. The Balaban J connectivity index is 1.32. The third-order valence-corrected chi connectivity index (χ3v) is 10.3. The third-order valence-electron chi connectivity index (χ3n) is 10.3. The Labute approximate surface area is 287 Å². The number of aromatic nitrogens is 4. The quantitative estimate of drug-likeness (QED) is 0.193. The van der Waals surface area contributed by atoms with Gasteiger partial charge in [-0.1, -0.05) is 121 Å². The monoisotopic (exact) mass is 636 g/mol. The minimum atomic E-state index is 0.656. The van der Waals surface area contributed by atoms with E-state index in [4.69, 9.17) is 9.97 Å². The van der Waals surface area contributed by atoms with Gasteiger partial charge in [0, 0.05) is 38.2 Å². The zero-order valence-electron chi connectivity index (χ0n) is 27.0. The van der Waals surface area contributed by atoms with Crippen LogP contribution in [0.1, 0.15) is 0 Å². The summed E-state index contributed by atoms with van der Waals surface area (Å²) in [5, 5.41) is 10.7. The van der Waals surface area contributed by atoms with Crippen LogP contribution in [0.2, 0.25) is 0 Å². The van der Waals surface area contributed by atoms with Gasteiger partial charge in [-0.05, 0) is 70.1 Å². The molecular formula is C46H28N4. The van der Waals surface area contributed by atoms with E-state index in [0.29, 0.717) is 5.95 Å². The van der Waals surface area contributed by atoms with Gasteiger partial charge in [0.2, 0.25) is 5.95 Å². The van der Waals surface area contributed by atoms with Gasteiger partial charge in [0.15, 0.2) is 0 Å². The molecule has 0 saturated heterocycles. The van der Waals surface area contributed by atoms with Crippen molar-refractivity contribution in [2.24, 2.45) is 0 Å². The van der Waals surface area contributed by atoms with E-state index in [2.05, 4.69) is 179 Å². The second-order valence-corrected chi connectivity index (χ2v) is 13.0. The largest absolute Gasteiger partial charge is 0.309 e. The highest BCUT2D eigenvalue weighted by atomic mass is 15.2. The molecule has 3 heterocycles. The first-order valence-electron chi connectivity index (χ1n) is 17.0. The molecule has 4 nitrogen and oxygen atoms in total. The van der Waals surface area contributed by atoms with Crippen LogP contribution in [0.25, 0.3) is 99.0 Å². The Kier molecular flexibility index (Phi) is 5.63. The summed E-state index contributed by atoms with van der Waals surface area (Å²) in [4.78, 5) is 10.9. The molecule has 50 heavy (non-hydrogen) atoms. The zero-order chi connectivity index (χ0) is 32.8. The third kappa shape index (κ3) is 3.81. The molecule has 11 rings (SSSR count). The van der Waals surface area contributed by atoms with Gasteiger partial charge in [0.25, 0.3) is 0 Å². The van der Waals surface area contributed by atoms with Gasteiger partial charge in [0.1, 0.15) is 0 Å². The Hall–Kier alpha value is -6.78. The predicted molar refractivity (Wildman–Crippen MR) is 209 cm³/mol. The normalized spacial score (nSPS) is 12.0. The molecule has 8 aromatic carbocycles. The minimum Gasteiger partial charge on any atom is -0.309 e. The van der Waals surface area contributed by atoms with E-state index in [0.717, 1.165) is 44.4 Å². The minimum absolute atomic E-state index is 0.656. The van der Waals surface area contributed by atoms with E-state index in [1.165, 1.54) is 48.6 Å². The van der Waals surface area contributed by atoms with Gasteiger partial charge in [-0.3, -0.25) is 4.57 Å². The predicted octanol–water partition coefficient (Wildman–Crippen LogP) is 11.8. The van der Waals surface area contributed by atoms with Crippen LogP contribution < -0.4 is 0 Å². The molecule has 0 spiro atoms. The molecule has 0 saturated carbocycles. The van der Waals surface area contributed by atoms with Crippen LogP contribution in [-0.4, -0.2) is 19.1 Å². The van der Waals surface area contributed by atoms with Crippen LogP contribution in [0.15, 0.2) is 170 Å². The summed E-state index contributed by atoms with van der Waals surface area (Å²) >= 11 is 0. The number of fused-ring (bicyclic) bond motifs is 10. The van der Waals surface area contributed by atoms with Crippen molar-refractivity contribution in [2.45, 2.75) is 0 Å². The van der Waals surface area contributed by atoms with Crippen molar-refractivity contribution in [1.29, 1.82) is 0 Å². The van der Waals surface area contributed by atoms with E-state index in [1.807, 2.05) is 0 Å². The molecule has 0 aliphatic heterocycles. The van der Waals surface area contributed by atoms with E-state index < -0.39 is 0 Å². The first-order valence-corrected chi connectivity index (χ1v) is 17.0. The first-order chi connectivity index (χ1) is 24.8. The van der Waals surface area contributed by atoms with Gasteiger partial charge >= 0.3 is 0 Å². The summed E-state index contributed by atoms with van der Waals surface area (Å²) in [5.74, 6) is 0.656. The van der Waals surface area contributed by atoms with Crippen molar-refractivity contribution in [1.82, 2.24) is 19.1 Å². The van der Waals surface area contributed by atoms with Gasteiger partial charge in [-0.2, -0.15) is 0 Å². The lowest BCUT2D eigenvalue weighted by Crippen LogP contribution is -2.04. The highest BCUT2D eigenvalue weighted by Gasteiger charge is 2.23. The van der Waals surface area contributed by atoms with Crippen LogP contribution in [0.3, 0.4) is 0 Å². The summed E-state index contributed by atoms with van der Waals surface area (Å²) in [6, 6.07) is 60.7. The van der Waals surface area contributed by atoms with E-state index >= 15 is 0 Å². The molecule has 0 amide bonds. The molecule has 0 aliphatic carbocycles. The Morgan fingerprint density at radius 2 is 0.980 bits per heavy atom. The van der Waals surface area contributed by atoms with Crippen LogP contribution in [0.4, 0.5) is 0 Å². The van der Waals surface area contributed by atoms with E-state index in [1.54, 1.807) is 0 Å². The summed E-state index contributed by atoms with van der Waals surface area (Å²) in [6.45, 7) is 0. The molecule has 0 fully saturated rings. The fourth-order valence-electron chi connectivity index (χ4n) is 8.11. The molecule has 11 aromatic rings. The lowest BCUT2D eigenvalue weighted by atomic mass is 9.97. The number of nitrogens with zero attached hydrogens (tertiary/aromatic N) is 4. The smallest absolute Gasteiger partial charge is 0.235 e. The fourth-order valence-corrected chi connectivity index (χ4v) is 8.11. The first kappa shape index (κ1) is 27.2. The van der Waals surface area contributed by atoms with Crippen LogP contribution >= 0.6 is 0 Å². The number of hydrogen-bond donors (Lipinski definition) is 0. The molecule has 232 valence electrons. The van der Waals surface area contributed by atoms with Crippen LogP contribution in [-0.2, 0) is 0 Å². The van der Waals surface area contributed by atoms with Crippen LogP contribution in [0, 0.1) is 0 Å². The van der Waals surface area contributed by atoms with Crippen molar-refractivity contribution in [3.63, 3.8) is 0 Å². The molecule has 0 radical (unpaired) electrons. The molecule has 0 atom stereocenters. The fraction of sp³-hybridized carbons (Fsp3) is 0. The van der Waals surface area contributed by atoms with Crippen LogP contribution in [0.5, 0.6) is 0 Å². The molecule has 4 heteroatoms. The maximum absolute atomic E-state index is 5.59. The highest BCUT2D eigenvalue weighted by molar-refractivity contribution is 6.25. The number of benzene rings is 8. The molecule has 0 N–H and O–H groups in total. The SMILES string of the molecule is c1ccc(-n2c3ccccc3c3c4ccccc4cc(-c4nc(-n5c6ccccc6c6cc7ccccc7cc65)nc5ccccc45)c32)cc1. The standard InChI is InChI=1S/C46H28N4/c1-2-17-32(18-3-1)49-41-25-13-10-22-36(41)43-33-19-7-6-16-31(33)27-38(45(43)49)44-35-21-8-11-23-39(35)47-46(48-44)50-40-24-12-9-20-34(40)37-26-29-14-4-5-15-30(29)28-42(37)50/h1-28H. The summed E-state index contributed by atoms with van der Waals surface area (Å²) in [7, 11) is 0. The Bertz CT molecular complexity index is 3150. The number of hydrogen-bond acceptors (Lipinski definition) is 2. The summed E-state index contributed by atoms with van der Waals surface area (Å²) in [6.07, 6.45) is 0. The van der Waals surface area contributed by atoms with Crippen molar-refractivity contribution in [2.75, 3.05) is 0 Å². The number of para-hydroxylation sites is 4. The number of rotatable bonds is 3. The van der Waals surface area contributed by atoms with Gasteiger partial charge in [-0.25, -0.2) is 9.97 Å². The molecule has 0 unspecified atom stereocenters. The van der Waals surface area contributed by atoms with Crippen molar-refractivity contribution < 1.29 is 0 Å². The zero-order valence-corrected chi connectivity index (χ0v) is 27.0. The molecule has 0 aliphatic rings. The van der Waals surface area contributed by atoms with Gasteiger partial charge < -0.3 is 4.57 Å². The maximum Gasteiger partial charge on any atom is 0.235 e. The average Bonchev–Trinajstić information content (AvgIpc) is 3.70. The van der Waals surface area contributed by atoms with Gasteiger partial charge in [-0.15, -0.1) is 0 Å². The van der Waals surface area contributed by atoms with Gasteiger partial charge in [0.05, 0.1) is 33.3 Å². The maximum atomic E-state index is 5.59. The second-order valence-electron chi connectivity index (χ2n) is 13.0. The topological polar surface area (TPSA) is 35.6 Å². The average molecular weight is 637 g/mol. The molecular weight excluding hydrogens is 609 g/mol. The van der Waals surface area contributed by atoms with Crippen molar-refractivity contribution >= 4 is 76.1 Å². The second kappa shape index (κ2) is 10.4. The van der Waals surface area contributed by atoms with E-state index in [9.17, 15) is 0 Å². The molecule has 3 aromatic heterocycles. The highest BCUT2D eigenvalue weighted by Crippen LogP contribution is 2.44. The summed E-state index contributed by atoms with van der Waals surface area (Å²) in [5.41, 5.74) is 8.48. The molecule has 0 bridgehead atoms. The Morgan fingerprint density at radius 3 is 1.78 bits per heavy atom. The van der Waals surface area contributed by atoms with Crippen molar-refractivity contribution in [3.8, 4) is 22.9 Å². The lowest BCUT2D eigenvalue weighted by molar-refractivity contribution is 1.01.